The van der Waals surface area contributed by atoms with Gasteiger partial charge in [0, 0.05) is 29.9 Å². The number of anilines is 1. The van der Waals surface area contributed by atoms with E-state index in [1.165, 1.54) is 11.3 Å². The zero-order valence-electron chi connectivity index (χ0n) is 17.2. The van der Waals surface area contributed by atoms with Gasteiger partial charge in [0.15, 0.2) is 0 Å². The zero-order valence-corrected chi connectivity index (χ0v) is 18.0. The van der Waals surface area contributed by atoms with Crippen LogP contribution in [0.2, 0.25) is 0 Å². The third-order valence-electron chi connectivity index (χ3n) is 4.71. The van der Waals surface area contributed by atoms with Gasteiger partial charge in [-0.2, -0.15) is 0 Å². The molecular formula is C20H31N3O4S. The van der Waals surface area contributed by atoms with E-state index in [4.69, 9.17) is 4.74 Å². The molecule has 8 heteroatoms. The van der Waals surface area contributed by atoms with Gasteiger partial charge in [-0.05, 0) is 32.3 Å². The van der Waals surface area contributed by atoms with E-state index in [2.05, 4.69) is 15.5 Å². The first-order chi connectivity index (χ1) is 13.3. The molecule has 2 rings (SSSR count). The molecule has 1 aliphatic heterocycles. The van der Waals surface area contributed by atoms with Gasteiger partial charge in [-0.1, -0.05) is 20.8 Å². The molecule has 1 aromatic rings. The lowest BCUT2D eigenvalue weighted by Crippen LogP contribution is -2.47. The molecule has 1 aromatic heterocycles. The first kappa shape index (κ1) is 22.4. The standard InChI is InChI=1S/C20H31N3O4S/c1-5-15-11-16(20(26)27-6-2)19(28-15)22-17(24)12-23-9-7-14(8-10-23)21-18(25)13(3)4/h11,13-14H,5-10,12H2,1-4H3,(H,21,25)(H,22,24). The van der Waals surface area contributed by atoms with E-state index < -0.39 is 5.97 Å². The highest BCUT2D eigenvalue weighted by molar-refractivity contribution is 7.16. The van der Waals surface area contributed by atoms with Crippen molar-refractivity contribution in [1.82, 2.24) is 10.2 Å². The van der Waals surface area contributed by atoms with Gasteiger partial charge >= 0.3 is 5.97 Å². The fourth-order valence-corrected chi connectivity index (χ4v) is 4.04. The predicted molar refractivity (Wildman–Crippen MR) is 111 cm³/mol. The molecule has 0 atom stereocenters. The van der Waals surface area contributed by atoms with Gasteiger partial charge in [0.05, 0.1) is 18.7 Å². The van der Waals surface area contributed by atoms with Crippen LogP contribution >= 0.6 is 11.3 Å². The quantitative estimate of drug-likeness (QED) is 0.645. The van der Waals surface area contributed by atoms with Crippen LogP contribution in [0.25, 0.3) is 0 Å². The van der Waals surface area contributed by atoms with Crippen LogP contribution in [-0.4, -0.2) is 55.0 Å². The van der Waals surface area contributed by atoms with Crippen molar-refractivity contribution in [2.24, 2.45) is 5.92 Å². The molecule has 1 aliphatic rings. The zero-order chi connectivity index (χ0) is 20.7. The summed E-state index contributed by atoms with van der Waals surface area (Å²) in [5.74, 6) is -0.488. The van der Waals surface area contributed by atoms with Gasteiger partial charge in [-0.25, -0.2) is 4.79 Å². The highest BCUT2D eigenvalue weighted by atomic mass is 32.1. The van der Waals surface area contributed by atoms with Crippen molar-refractivity contribution in [2.45, 2.75) is 53.0 Å². The molecule has 0 saturated carbocycles. The number of carbonyl (C=O) groups excluding carboxylic acids is 3. The number of nitrogens with one attached hydrogen (secondary N) is 2. The lowest BCUT2D eigenvalue weighted by Gasteiger charge is -2.32. The number of hydrogen-bond donors (Lipinski definition) is 2. The minimum absolute atomic E-state index is 0.0174. The second-order valence-corrected chi connectivity index (χ2v) is 8.43. The van der Waals surface area contributed by atoms with E-state index in [0.717, 1.165) is 37.2 Å². The third kappa shape index (κ3) is 6.31. The SMILES string of the molecule is CCOC(=O)c1cc(CC)sc1NC(=O)CN1CCC(NC(=O)C(C)C)CC1. The van der Waals surface area contributed by atoms with Crippen molar-refractivity contribution in [3.63, 3.8) is 0 Å². The summed E-state index contributed by atoms with van der Waals surface area (Å²) in [6, 6.07) is 1.97. The molecule has 0 radical (unpaired) electrons. The van der Waals surface area contributed by atoms with E-state index >= 15 is 0 Å². The molecule has 156 valence electrons. The van der Waals surface area contributed by atoms with Crippen LogP contribution in [0, 0.1) is 5.92 Å². The van der Waals surface area contributed by atoms with Gasteiger partial charge in [0.1, 0.15) is 5.00 Å². The van der Waals surface area contributed by atoms with Gasteiger partial charge in [-0.3, -0.25) is 14.5 Å². The van der Waals surface area contributed by atoms with Crippen LogP contribution in [-0.2, 0) is 20.7 Å². The molecule has 28 heavy (non-hydrogen) atoms. The Labute approximate surface area is 170 Å². The molecule has 2 heterocycles. The fourth-order valence-electron chi connectivity index (χ4n) is 3.04. The topological polar surface area (TPSA) is 87.7 Å². The van der Waals surface area contributed by atoms with Crippen molar-refractivity contribution < 1.29 is 19.1 Å². The van der Waals surface area contributed by atoms with Crippen LogP contribution in [0.1, 0.15) is 55.8 Å². The molecule has 0 bridgehead atoms. The number of amides is 2. The largest absolute Gasteiger partial charge is 0.462 e. The van der Waals surface area contributed by atoms with Gasteiger partial charge in [0.25, 0.3) is 0 Å². The Hall–Kier alpha value is -1.93. The second-order valence-electron chi connectivity index (χ2n) is 7.29. The minimum atomic E-state index is -0.407. The van der Waals surface area contributed by atoms with E-state index in [0.29, 0.717) is 17.2 Å². The summed E-state index contributed by atoms with van der Waals surface area (Å²) in [7, 11) is 0. The molecule has 0 aromatic carbocycles. The lowest BCUT2D eigenvalue weighted by atomic mass is 10.0. The number of thiophene rings is 1. The first-order valence-electron chi connectivity index (χ1n) is 9.96. The monoisotopic (exact) mass is 409 g/mol. The Morgan fingerprint density at radius 1 is 1.25 bits per heavy atom. The Bertz CT molecular complexity index is 694. The predicted octanol–water partition coefficient (Wildman–Crippen LogP) is 2.66. The van der Waals surface area contributed by atoms with Gasteiger partial charge in [-0.15, -0.1) is 11.3 Å². The smallest absolute Gasteiger partial charge is 0.341 e. The number of hydrogen-bond acceptors (Lipinski definition) is 6. The van der Waals surface area contributed by atoms with Gasteiger partial charge < -0.3 is 15.4 Å². The average molecular weight is 410 g/mol. The number of esters is 1. The Morgan fingerprint density at radius 2 is 1.93 bits per heavy atom. The molecule has 0 aliphatic carbocycles. The summed E-state index contributed by atoms with van der Waals surface area (Å²) in [6.45, 7) is 9.61. The maximum atomic E-state index is 12.5. The van der Waals surface area contributed by atoms with Crippen LogP contribution in [0.15, 0.2) is 6.07 Å². The van der Waals surface area contributed by atoms with Crippen molar-refractivity contribution in [1.29, 1.82) is 0 Å². The van der Waals surface area contributed by atoms with Crippen molar-refractivity contribution >= 4 is 34.1 Å². The van der Waals surface area contributed by atoms with Gasteiger partial charge in [0.2, 0.25) is 11.8 Å². The van der Waals surface area contributed by atoms with Crippen LogP contribution in [0.3, 0.4) is 0 Å². The highest BCUT2D eigenvalue weighted by Gasteiger charge is 2.24. The molecule has 0 spiro atoms. The molecule has 2 N–H and O–H groups in total. The number of aryl methyl sites for hydroxylation is 1. The molecule has 1 saturated heterocycles. The van der Waals surface area contributed by atoms with Crippen LogP contribution in [0.5, 0.6) is 0 Å². The Balaban J connectivity index is 1.87. The fraction of sp³-hybridized carbons (Fsp3) is 0.650. The summed E-state index contributed by atoms with van der Waals surface area (Å²) in [5, 5.41) is 6.49. The maximum Gasteiger partial charge on any atom is 0.341 e. The molecule has 7 nitrogen and oxygen atoms in total. The molecule has 1 fully saturated rings. The van der Waals surface area contributed by atoms with Crippen molar-refractivity contribution in [3.05, 3.63) is 16.5 Å². The number of piperidine rings is 1. The summed E-state index contributed by atoms with van der Waals surface area (Å²) < 4.78 is 5.09. The summed E-state index contributed by atoms with van der Waals surface area (Å²) in [6.07, 6.45) is 2.46. The summed E-state index contributed by atoms with van der Waals surface area (Å²) in [5.41, 5.74) is 0.423. The summed E-state index contributed by atoms with van der Waals surface area (Å²) >= 11 is 1.42. The third-order valence-corrected chi connectivity index (χ3v) is 5.90. The number of ether oxygens (including phenoxy) is 1. The van der Waals surface area contributed by atoms with E-state index in [-0.39, 0.29) is 30.3 Å². The van der Waals surface area contributed by atoms with Crippen molar-refractivity contribution in [2.75, 3.05) is 31.6 Å². The Morgan fingerprint density at radius 3 is 2.50 bits per heavy atom. The van der Waals surface area contributed by atoms with Crippen LogP contribution in [0.4, 0.5) is 5.00 Å². The minimum Gasteiger partial charge on any atom is -0.462 e. The second kappa shape index (κ2) is 10.6. The van der Waals surface area contributed by atoms with Crippen LogP contribution < -0.4 is 10.6 Å². The number of likely N-dealkylation sites (tertiary alicyclic amines) is 1. The van der Waals surface area contributed by atoms with E-state index in [9.17, 15) is 14.4 Å². The summed E-state index contributed by atoms with van der Waals surface area (Å²) in [4.78, 5) is 39.5. The van der Waals surface area contributed by atoms with Crippen molar-refractivity contribution in [3.8, 4) is 0 Å². The highest BCUT2D eigenvalue weighted by Crippen LogP contribution is 2.29. The number of rotatable bonds is 8. The maximum absolute atomic E-state index is 12.5. The van der Waals surface area contributed by atoms with E-state index in [1.54, 1.807) is 13.0 Å². The normalized spacial score (nSPS) is 15.5. The molecular weight excluding hydrogens is 378 g/mol. The first-order valence-corrected chi connectivity index (χ1v) is 10.8. The number of carbonyl (C=O) groups is 3. The lowest BCUT2D eigenvalue weighted by molar-refractivity contribution is -0.125. The molecule has 0 unspecified atom stereocenters. The van der Waals surface area contributed by atoms with E-state index in [1.807, 2.05) is 20.8 Å². The number of nitrogens with zero attached hydrogens (tertiary/aromatic N) is 1. The Kier molecular flexibility index (Phi) is 8.44. The molecule has 2 amide bonds. The average Bonchev–Trinajstić information content (AvgIpc) is 3.06.